The quantitative estimate of drug-likeness (QED) is 0.459. The van der Waals surface area contributed by atoms with Crippen LogP contribution >= 0.6 is 11.6 Å². The highest BCUT2D eigenvalue weighted by Gasteiger charge is 2.04. The van der Waals surface area contributed by atoms with Crippen LogP contribution in [0, 0.1) is 0 Å². The number of benzene rings is 2. The highest BCUT2D eigenvalue weighted by molar-refractivity contribution is 6.30. The first-order valence-electron chi connectivity index (χ1n) is 6.86. The molecule has 0 bridgehead atoms. The van der Waals surface area contributed by atoms with Crippen LogP contribution in [0.1, 0.15) is 15.9 Å². The fourth-order valence-corrected chi connectivity index (χ4v) is 1.88. The summed E-state index contributed by atoms with van der Waals surface area (Å²) in [4.78, 5) is 23.1. The monoisotopic (exact) mass is 330 g/mol. The molecule has 0 aliphatic rings. The molecule has 118 valence electrons. The van der Waals surface area contributed by atoms with Crippen molar-refractivity contribution in [2.45, 2.75) is 0 Å². The van der Waals surface area contributed by atoms with Crippen molar-refractivity contribution in [1.82, 2.24) is 0 Å². The molecule has 0 radical (unpaired) electrons. The number of hydrogen-bond acceptors (Lipinski definition) is 4. The first kappa shape index (κ1) is 16.8. The van der Waals surface area contributed by atoms with Gasteiger partial charge in [-0.15, -0.1) is 0 Å². The standard InChI is InChI=1S/C18H15ClO4/c1-22-18(21)12-23-16-9-5-14(6-10-16)17(20)11-4-13-2-7-15(19)8-3-13/h2-11H,12H2,1H3/b11-4+. The van der Waals surface area contributed by atoms with Gasteiger partial charge in [0.1, 0.15) is 5.75 Å². The van der Waals surface area contributed by atoms with Crippen molar-refractivity contribution < 1.29 is 19.1 Å². The number of methoxy groups -OCH3 is 1. The van der Waals surface area contributed by atoms with Gasteiger partial charge in [-0.1, -0.05) is 29.8 Å². The minimum Gasteiger partial charge on any atom is -0.482 e. The zero-order valence-electron chi connectivity index (χ0n) is 12.5. The van der Waals surface area contributed by atoms with E-state index in [0.717, 1.165) is 5.56 Å². The molecule has 0 saturated heterocycles. The third-order valence-electron chi connectivity index (χ3n) is 3.02. The van der Waals surface area contributed by atoms with Crippen LogP contribution in [0.4, 0.5) is 0 Å². The second-order valence-corrected chi connectivity index (χ2v) is 5.07. The summed E-state index contributed by atoms with van der Waals surface area (Å²) < 4.78 is 9.70. The molecule has 0 atom stereocenters. The van der Waals surface area contributed by atoms with E-state index in [2.05, 4.69) is 4.74 Å². The Bertz CT molecular complexity index is 703. The summed E-state index contributed by atoms with van der Waals surface area (Å²) in [5.74, 6) is -0.0934. The predicted molar refractivity (Wildman–Crippen MR) is 88.8 cm³/mol. The van der Waals surface area contributed by atoms with Gasteiger partial charge in [0.15, 0.2) is 12.4 Å². The molecule has 0 aliphatic carbocycles. The van der Waals surface area contributed by atoms with E-state index in [1.54, 1.807) is 42.5 Å². The molecule has 0 spiro atoms. The Kier molecular flexibility index (Phi) is 5.94. The maximum Gasteiger partial charge on any atom is 0.343 e. The van der Waals surface area contributed by atoms with Crippen LogP contribution in [0.15, 0.2) is 54.6 Å². The van der Waals surface area contributed by atoms with E-state index in [4.69, 9.17) is 16.3 Å². The zero-order chi connectivity index (χ0) is 16.7. The van der Waals surface area contributed by atoms with Crippen molar-refractivity contribution >= 4 is 29.4 Å². The number of ketones is 1. The smallest absolute Gasteiger partial charge is 0.343 e. The average molecular weight is 331 g/mol. The van der Waals surface area contributed by atoms with Gasteiger partial charge in [0.05, 0.1) is 7.11 Å². The lowest BCUT2D eigenvalue weighted by molar-refractivity contribution is -0.142. The number of halogens is 1. The van der Waals surface area contributed by atoms with E-state index in [0.29, 0.717) is 16.3 Å². The van der Waals surface area contributed by atoms with Gasteiger partial charge >= 0.3 is 5.97 Å². The van der Waals surface area contributed by atoms with Crippen LogP contribution < -0.4 is 4.74 Å². The Morgan fingerprint density at radius 1 is 1.04 bits per heavy atom. The minimum atomic E-state index is -0.462. The van der Waals surface area contributed by atoms with E-state index in [1.165, 1.54) is 13.2 Å². The summed E-state index contributed by atoms with van der Waals surface area (Å²) >= 11 is 5.81. The number of carbonyl (C=O) groups excluding carboxylic acids is 2. The molecule has 4 nitrogen and oxygen atoms in total. The fraction of sp³-hybridized carbons (Fsp3) is 0.111. The molecule has 23 heavy (non-hydrogen) atoms. The van der Waals surface area contributed by atoms with Gasteiger partial charge in [-0.3, -0.25) is 4.79 Å². The Labute approximate surface area is 139 Å². The molecule has 0 aliphatic heterocycles. The zero-order valence-corrected chi connectivity index (χ0v) is 13.2. The first-order chi connectivity index (χ1) is 11.1. The average Bonchev–Trinajstić information content (AvgIpc) is 2.59. The maximum absolute atomic E-state index is 12.1. The number of allylic oxidation sites excluding steroid dienone is 1. The van der Waals surface area contributed by atoms with Gasteiger partial charge in [-0.05, 0) is 48.0 Å². The van der Waals surface area contributed by atoms with Gasteiger partial charge in [-0.25, -0.2) is 4.79 Å². The summed E-state index contributed by atoms with van der Waals surface area (Å²) in [6.45, 7) is -0.166. The summed E-state index contributed by atoms with van der Waals surface area (Å²) in [7, 11) is 1.29. The van der Waals surface area contributed by atoms with E-state index in [9.17, 15) is 9.59 Å². The Balaban J connectivity index is 1.97. The Morgan fingerprint density at radius 2 is 1.70 bits per heavy atom. The summed E-state index contributed by atoms with van der Waals surface area (Å²) in [6.07, 6.45) is 3.22. The Hall–Kier alpha value is -2.59. The summed E-state index contributed by atoms with van der Waals surface area (Å²) in [5, 5.41) is 0.649. The summed E-state index contributed by atoms with van der Waals surface area (Å²) in [6, 6.07) is 13.7. The molecule has 0 unspecified atom stereocenters. The van der Waals surface area contributed by atoms with Crippen LogP contribution in [0.25, 0.3) is 6.08 Å². The van der Waals surface area contributed by atoms with Gasteiger partial charge in [0, 0.05) is 10.6 Å². The van der Waals surface area contributed by atoms with Crippen molar-refractivity contribution in [2.24, 2.45) is 0 Å². The topological polar surface area (TPSA) is 52.6 Å². The van der Waals surface area contributed by atoms with Gasteiger partial charge < -0.3 is 9.47 Å². The lowest BCUT2D eigenvalue weighted by atomic mass is 10.1. The lowest BCUT2D eigenvalue weighted by Crippen LogP contribution is -2.12. The molecular formula is C18H15ClO4. The van der Waals surface area contributed by atoms with Crippen molar-refractivity contribution in [3.05, 3.63) is 70.8 Å². The first-order valence-corrected chi connectivity index (χ1v) is 7.24. The van der Waals surface area contributed by atoms with Gasteiger partial charge in [0.2, 0.25) is 0 Å². The second kappa shape index (κ2) is 8.15. The van der Waals surface area contributed by atoms with Crippen molar-refractivity contribution in [1.29, 1.82) is 0 Å². The fourth-order valence-electron chi connectivity index (χ4n) is 1.76. The number of rotatable bonds is 6. The van der Waals surface area contributed by atoms with Crippen LogP contribution in [0.3, 0.4) is 0 Å². The third kappa shape index (κ3) is 5.27. The molecule has 0 fully saturated rings. The van der Waals surface area contributed by atoms with E-state index < -0.39 is 5.97 Å². The second-order valence-electron chi connectivity index (χ2n) is 4.64. The van der Waals surface area contributed by atoms with Crippen molar-refractivity contribution in [2.75, 3.05) is 13.7 Å². The SMILES string of the molecule is COC(=O)COc1ccc(C(=O)/C=C/c2ccc(Cl)cc2)cc1. The van der Waals surface area contributed by atoms with Gasteiger partial charge in [0.25, 0.3) is 0 Å². The molecule has 2 rings (SSSR count). The molecular weight excluding hydrogens is 316 g/mol. The van der Waals surface area contributed by atoms with E-state index in [1.807, 2.05) is 12.1 Å². The molecule has 2 aromatic rings. The third-order valence-corrected chi connectivity index (χ3v) is 3.27. The number of hydrogen-bond donors (Lipinski definition) is 0. The van der Waals surface area contributed by atoms with Crippen LogP contribution in [0.5, 0.6) is 5.75 Å². The largest absolute Gasteiger partial charge is 0.482 e. The maximum atomic E-state index is 12.1. The molecule has 0 saturated carbocycles. The summed E-state index contributed by atoms with van der Waals surface area (Å²) in [5.41, 5.74) is 1.42. The normalized spacial score (nSPS) is 10.5. The predicted octanol–water partition coefficient (Wildman–Crippen LogP) is 3.79. The van der Waals surface area contributed by atoms with Crippen molar-refractivity contribution in [3.8, 4) is 5.75 Å². The number of ether oxygens (including phenoxy) is 2. The molecule has 0 N–H and O–H groups in total. The number of carbonyl (C=O) groups is 2. The highest BCUT2D eigenvalue weighted by Crippen LogP contribution is 2.14. The Morgan fingerprint density at radius 3 is 2.30 bits per heavy atom. The van der Waals surface area contributed by atoms with Crippen LogP contribution in [-0.4, -0.2) is 25.5 Å². The minimum absolute atomic E-state index is 0.125. The van der Waals surface area contributed by atoms with Gasteiger partial charge in [-0.2, -0.15) is 0 Å². The van der Waals surface area contributed by atoms with Crippen LogP contribution in [-0.2, 0) is 9.53 Å². The molecule has 2 aromatic carbocycles. The molecule has 0 aromatic heterocycles. The highest BCUT2D eigenvalue weighted by atomic mass is 35.5. The van der Waals surface area contributed by atoms with E-state index >= 15 is 0 Å². The molecule has 0 heterocycles. The lowest BCUT2D eigenvalue weighted by Gasteiger charge is -2.04. The van der Waals surface area contributed by atoms with Crippen molar-refractivity contribution in [3.63, 3.8) is 0 Å². The van der Waals surface area contributed by atoms with Crippen LogP contribution in [0.2, 0.25) is 5.02 Å². The number of esters is 1. The van der Waals surface area contributed by atoms with E-state index in [-0.39, 0.29) is 12.4 Å². The molecule has 5 heteroatoms. The molecule has 0 amide bonds.